The number of ether oxygens (including phenoxy) is 2. The molecule has 0 radical (unpaired) electrons. The standard InChI is InChI=1S/C18H20F3N3O5/c1-17(2,28-3)29-15(26)14(23-9-25)6-10-8-22-13-7-11(4-5-12(10)13)24-16(27)18(19,20)21/h4-5,7-9,14,22H,6H2,1-3H3,(H,23,25)(H,24,27). The number of nitrogens with one attached hydrogen (secondary N) is 3. The lowest BCUT2D eigenvalue weighted by Crippen LogP contribution is -2.43. The minimum absolute atomic E-state index is 0.0444. The van der Waals surface area contributed by atoms with Crippen molar-refractivity contribution < 1.29 is 37.0 Å². The average molecular weight is 415 g/mol. The minimum atomic E-state index is -5.00. The average Bonchev–Trinajstić information content (AvgIpc) is 3.02. The molecule has 1 atom stereocenters. The molecule has 29 heavy (non-hydrogen) atoms. The number of alkyl halides is 3. The van der Waals surface area contributed by atoms with Crippen LogP contribution in [0.4, 0.5) is 18.9 Å². The number of H-pyrrole nitrogens is 1. The van der Waals surface area contributed by atoms with Gasteiger partial charge in [-0.1, -0.05) is 6.07 Å². The van der Waals surface area contributed by atoms with E-state index in [9.17, 15) is 27.6 Å². The van der Waals surface area contributed by atoms with Gasteiger partial charge < -0.3 is 25.1 Å². The first-order valence-electron chi connectivity index (χ1n) is 8.42. The van der Waals surface area contributed by atoms with E-state index in [1.54, 1.807) is 11.5 Å². The molecule has 3 N–H and O–H groups in total. The largest absolute Gasteiger partial charge is 0.471 e. The molecule has 0 spiro atoms. The second-order valence-corrected chi connectivity index (χ2v) is 6.59. The third-order valence-corrected chi connectivity index (χ3v) is 4.10. The molecule has 1 aromatic heterocycles. The van der Waals surface area contributed by atoms with Gasteiger partial charge in [0.15, 0.2) is 0 Å². The van der Waals surface area contributed by atoms with Crippen molar-refractivity contribution in [2.75, 3.05) is 12.4 Å². The summed E-state index contributed by atoms with van der Waals surface area (Å²) in [6, 6.07) is 3.12. The zero-order valence-electron chi connectivity index (χ0n) is 15.8. The molecule has 2 aromatic rings. The number of benzene rings is 1. The molecule has 1 unspecified atom stereocenters. The Bertz CT molecular complexity index is 908. The second-order valence-electron chi connectivity index (χ2n) is 6.59. The molecule has 0 bridgehead atoms. The number of aromatic nitrogens is 1. The van der Waals surface area contributed by atoms with Crippen molar-refractivity contribution in [3.63, 3.8) is 0 Å². The van der Waals surface area contributed by atoms with Gasteiger partial charge in [-0.25, -0.2) is 4.79 Å². The lowest BCUT2D eigenvalue weighted by atomic mass is 10.0. The van der Waals surface area contributed by atoms with Crippen molar-refractivity contribution in [1.82, 2.24) is 10.3 Å². The highest BCUT2D eigenvalue weighted by Crippen LogP contribution is 2.25. The van der Waals surface area contributed by atoms with E-state index in [0.29, 0.717) is 22.9 Å². The number of carbonyl (C=O) groups excluding carboxylic acids is 3. The zero-order valence-corrected chi connectivity index (χ0v) is 15.8. The fourth-order valence-corrected chi connectivity index (χ4v) is 2.50. The minimum Gasteiger partial charge on any atom is -0.432 e. The summed E-state index contributed by atoms with van der Waals surface area (Å²) >= 11 is 0. The molecular weight excluding hydrogens is 395 g/mol. The maximum Gasteiger partial charge on any atom is 0.471 e. The van der Waals surface area contributed by atoms with Crippen molar-refractivity contribution in [2.24, 2.45) is 0 Å². The van der Waals surface area contributed by atoms with Crippen LogP contribution in [-0.4, -0.2) is 48.4 Å². The molecule has 0 fully saturated rings. The molecule has 8 nitrogen and oxygen atoms in total. The predicted octanol–water partition coefficient (Wildman–Crippen LogP) is 2.25. The molecule has 0 aliphatic carbocycles. The van der Waals surface area contributed by atoms with Crippen LogP contribution < -0.4 is 10.6 Å². The number of amides is 2. The van der Waals surface area contributed by atoms with Crippen molar-refractivity contribution in [1.29, 1.82) is 0 Å². The SMILES string of the molecule is COC(C)(C)OC(=O)C(Cc1c[nH]c2cc(NC(=O)C(F)(F)F)ccc12)NC=O. The molecule has 2 amide bonds. The third kappa shape index (κ3) is 5.70. The highest BCUT2D eigenvalue weighted by molar-refractivity contribution is 5.97. The number of fused-ring (bicyclic) bond motifs is 1. The number of hydrogen-bond acceptors (Lipinski definition) is 5. The van der Waals surface area contributed by atoms with Gasteiger partial charge in [0.2, 0.25) is 12.2 Å². The summed E-state index contributed by atoms with van der Waals surface area (Å²) < 4.78 is 47.4. The normalized spacial score (nSPS) is 13.0. The van der Waals surface area contributed by atoms with Gasteiger partial charge in [0.1, 0.15) is 6.04 Å². The van der Waals surface area contributed by atoms with Crippen molar-refractivity contribution in [3.05, 3.63) is 30.0 Å². The molecule has 0 saturated carbocycles. The second kappa shape index (κ2) is 8.52. The Morgan fingerprint density at radius 3 is 2.55 bits per heavy atom. The van der Waals surface area contributed by atoms with Crippen LogP contribution in [0.15, 0.2) is 24.4 Å². The first-order chi connectivity index (χ1) is 13.5. The smallest absolute Gasteiger partial charge is 0.432 e. The molecule has 0 saturated heterocycles. The first-order valence-corrected chi connectivity index (χ1v) is 8.42. The van der Waals surface area contributed by atoms with Crippen LogP contribution in [0.1, 0.15) is 19.4 Å². The molecule has 0 aliphatic heterocycles. The van der Waals surface area contributed by atoms with Gasteiger partial charge in [0.25, 0.3) is 0 Å². The summed E-state index contributed by atoms with van der Waals surface area (Å²) in [4.78, 5) is 37.2. The monoisotopic (exact) mass is 415 g/mol. The first kappa shape index (κ1) is 22.2. The van der Waals surface area contributed by atoms with Gasteiger partial charge in [-0.2, -0.15) is 13.2 Å². The third-order valence-electron chi connectivity index (χ3n) is 4.10. The summed E-state index contributed by atoms with van der Waals surface area (Å²) in [5.41, 5.74) is 1.01. The number of aromatic amines is 1. The Kier molecular flexibility index (Phi) is 6.52. The summed E-state index contributed by atoms with van der Waals surface area (Å²) in [5.74, 6) is -3.99. The van der Waals surface area contributed by atoms with Crippen molar-refractivity contribution in [2.45, 2.75) is 38.3 Å². The van der Waals surface area contributed by atoms with E-state index in [1.807, 2.05) is 0 Å². The zero-order chi connectivity index (χ0) is 21.8. The van der Waals surface area contributed by atoms with Gasteiger partial charge in [0, 0.05) is 50.2 Å². The molecule has 1 heterocycles. The quantitative estimate of drug-likeness (QED) is 0.348. The number of rotatable bonds is 8. The molecule has 11 heteroatoms. The lowest BCUT2D eigenvalue weighted by molar-refractivity contribution is -0.207. The molecule has 2 rings (SSSR count). The van der Waals surface area contributed by atoms with E-state index in [1.165, 1.54) is 39.2 Å². The van der Waals surface area contributed by atoms with Crippen LogP contribution in [-0.2, 0) is 30.3 Å². The predicted molar refractivity (Wildman–Crippen MR) is 96.9 cm³/mol. The Labute approximate surface area is 163 Å². The highest BCUT2D eigenvalue weighted by atomic mass is 19.4. The number of carbonyl (C=O) groups is 3. The fourth-order valence-electron chi connectivity index (χ4n) is 2.50. The Hall–Kier alpha value is -3.08. The van der Waals surface area contributed by atoms with Crippen molar-refractivity contribution >= 4 is 34.9 Å². The molecule has 1 aromatic carbocycles. The van der Waals surface area contributed by atoms with E-state index < -0.39 is 29.9 Å². The Morgan fingerprint density at radius 2 is 1.97 bits per heavy atom. The summed E-state index contributed by atoms with van der Waals surface area (Å²) in [6.45, 7) is 3.07. The number of hydrogen-bond donors (Lipinski definition) is 3. The Balaban J connectivity index is 2.21. The van der Waals surface area contributed by atoms with Gasteiger partial charge in [-0.05, 0) is 17.7 Å². The maximum atomic E-state index is 12.4. The van der Waals surface area contributed by atoms with E-state index in [4.69, 9.17) is 9.47 Å². The van der Waals surface area contributed by atoms with Gasteiger partial charge in [0.05, 0.1) is 0 Å². The van der Waals surface area contributed by atoms with Crippen LogP contribution in [0.25, 0.3) is 10.9 Å². The summed E-state index contributed by atoms with van der Waals surface area (Å²) in [7, 11) is 1.37. The van der Waals surface area contributed by atoms with Crippen LogP contribution >= 0.6 is 0 Å². The van der Waals surface area contributed by atoms with Gasteiger partial charge in [-0.15, -0.1) is 0 Å². The number of halogens is 3. The molecule has 0 aliphatic rings. The lowest BCUT2D eigenvalue weighted by Gasteiger charge is -2.25. The summed E-state index contributed by atoms with van der Waals surface area (Å²) in [6.07, 6.45) is -3.02. The van der Waals surface area contributed by atoms with Crippen LogP contribution in [0.3, 0.4) is 0 Å². The number of anilines is 1. The van der Waals surface area contributed by atoms with Crippen LogP contribution in [0.5, 0.6) is 0 Å². The molecular formula is C18H20F3N3O5. The maximum absolute atomic E-state index is 12.4. The Morgan fingerprint density at radius 1 is 1.28 bits per heavy atom. The van der Waals surface area contributed by atoms with E-state index in [-0.39, 0.29) is 12.1 Å². The van der Waals surface area contributed by atoms with E-state index >= 15 is 0 Å². The fraction of sp³-hybridized carbons (Fsp3) is 0.389. The highest BCUT2D eigenvalue weighted by Gasteiger charge is 2.38. The molecule has 158 valence electrons. The van der Waals surface area contributed by atoms with Crippen LogP contribution in [0.2, 0.25) is 0 Å². The summed E-state index contributed by atoms with van der Waals surface area (Å²) in [5, 5.41) is 4.75. The van der Waals surface area contributed by atoms with Crippen LogP contribution in [0, 0.1) is 0 Å². The van der Waals surface area contributed by atoms with Gasteiger partial charge >= 0.3 is 18.1 Å². The van der Waals surface area contributed by atoms with E-state index in [2.05, 4.69) is 10.3 Å². The van der Waals surface area contributed by atoms with Gasteiger partial charge in [-0.3, -0.25) is 9.59 Å². The van der Waals surface area contributed by atoms with Crippen molar-refractivity contribution in [3.8, 4) is 0 Å². The number of methoxy groups -OCH3 is 1. The number of esters is 1. The topological polar surface area (TPSA) is 110 Å². The van der Waals surface area contributed by atoms with E-state index in [0.717, 1.165) is 0 Å².